The molecule has 8 nitrogen and oxygen atoms in total. The van der Waals surface area contributed by atoms with Crippen molar-refractivity contribution in [2.24, 2.45) is 0 Å². The van der Waals surface area contributed by atoms with Crippen molar-refractivity contribution in [2.45, 2.75) is 33.3 Å². The van der Waals surface area contributed by atoms with Crippen molar-refractivity contribution in [3.05, 3.63) is 71.4 Å². The molecular weight excluding hydrogens is 384 g/mol. The summed E-state index contributed by atoms with van der Waals surface area (Å²) >= 11 is 0. The first-order valence-corrected chi connectivity index (χ1v) is 9.51. The minimum absolute atomic E-state index is 0.0872. The molecule has 0 N–H and O–H groups in total. The number of hydrogen-bond donors (Lipinski definition) is 0. The molecule has 8 heteroatoms. The Morgan fingerprint density at radius 3 is 2.27 bits per heavy atom. The van der Waals surface area contributed by atoms with E-state index in [4.69, 9.17) is 13.7 Å². The van der Waals surface area contributed by atoms with Crippen LogP contribution in [0.15, 0.2) is 57.5 Å². The van der Waals surface area contributed by atoms with Crippen LogP contribution in [0.4, 0.5) is 0 Å². The van der Waals surface area contributed by atoms with Crippen molar-refractivity contribution in [2.75, 3.05) is 0 Å². The zero-order valence-corrected chi connectivity index (χ0v) is 16.7. The van der Waals surface area contributed by atoms with Crippen LogP contribution < -0.4 is 0 Å². The summed E-state index contributed by atoms with van der Waals surface area (Å²) in [5.41, 5.74) is 3.96. The number of ether oxygens (including phenoxy) is 1. The van der Waals surface area contributed by atoms with Gasteiger partial charge in [-0.3, -0.25) is 4.79 Å². The zero-order valence-electron chi connectivity index (χ0n) is 16.7. The average Bonchev–Trinajstić information content (AvgIpc) is 3.42. The standard InChI is InChI=1S/C22H20N4O4/c1-14-3-7-16(8-4-14)21-23-19(30-26-21)13-28-20(27)12-11-18-24-25-22(29-18)17-9-5-15(2)6-10-17/h3-10H,11-13H2,1-2H3. The van der Waals surface area contributed by atoms with Crippen molar-refractivity contribution in [3.8, 4) is 22.8 Å². The Balaban J connectivity index is 1.27. The fourth-order valence-electron chi connectivity index (χ4n) is 2.72. The molecule has 0 saturated carbocycles. The number of aromatic nitrogens is 4. The molecule has 0 amide bonds. The quantitative estimate of drug-likeness (QED) is 0.424. The lowest BCUT2D eigenvalue weighted by Crippen LogP contribution is -2.06. The van der Waals surface area contributed by atoms with Gasteiger partial charge in [-0.25, -0.2) is 0 Å². The smallest absolute Gasteiger partial charge is 0.306 e. The number of carbonyl (C=O) groups excluding carboxylic acids is 1. The first kappa shape index (κ1) is 19.5. The number of hydrogen-bond acceptors (Lipinski definition) is 8. The van der Waals surface area contributed by atoms with E-state index in [1.165, 1.54) is 0 Å². The van der Waals surface area contributed by atoms with Gasteiger partial charge in [-0.2, -0.15) is 4.98 Å². The summed E-state index contributed by atoms with van der Waals surface area (Å²) in [7, 11) is 0. The molecule has 152 valence electrons. The minimum Gasteiger partial charge on any atom is -0.456 e. The first-order valence-electron chi connectivity index (χ1n) is 9.51. The number of carbonyl (C=O) groups is 1. The summed E-state index contributed by atoms with van der Waals surface area (Å²) in [6, 6.07) is 15.5. The molecule has 0 aliphatic heterocycles. The third-order valence-electron chi connectivity index (χ3n) is 4.44. The van der Waals surface area contributed by atoms with Gasteiger partial charge in [-0.05, 0) is 26.0 Å². The van der Waals surface area contributed by atoms with Gasteiger partial charge in [0.2, 0.25) is 17.6 Å². The van der Waals surface area contributed by atoms with E-state index in [1.807, 2.05) is 62.4 Å². The molecule has 0 aliphatic carbocycles. The summed E-state index contributed by atoms with van der Waals surface area (Å²) in [6.07, 6.45) is 0.393. The highest BCUT2D eigenvalue weighted by molar-refractivity contribution is 5.69. The number of rotatable bonds is 7. The maximum atomic E-state index is 12.0. The normalized spacial score (nSPS) is 10.9. The molecule has 30 heavy (non-hydrogen) atoms. The predicted molar refractivity (Wildman–Crippen MR) is 107 cm³/mol. The summed E-state index contributed by atoms with van der Waals surface area (Å²) in [5, 5.41) is 11.9. The van der Waals surface area contributed by atoms with Gasteiger partial charge in [0, 0.05) is 17.5 Å². The highest BCUT2D eigenvalue weighted by atomic mass is 16.6. The van der Waals surface area contributed by atoms with Crippen molar-refractivity contribution >= 4 is 5.97 Å². The van der Waals surface area contributed by atoms with E-state index < -0.39 is 5.97 Å². The van der Waals surface area contributed by atoms with E-state index in [1.54, 1.807) is 0 Å². The maximum absolute atomic E-state index is 12.0. The lowest BCUT2D eigenvalue weighted by molar-refractivity contribution is -0.145. The molecule has 0 aliphatic rings. The van der Waals surface area contributed by atoms with Crippen molar-refractivity contribution in [1.82, 2.24) is 20.3 Å². The van der Waals surface area contributed by atoms with E-state index in [0.717, 1.165) is 22.3 Å². The highest BCUT2D eigenvalue weighted by Gasteiger charge is 2.14. The fraction of sp³-hybridized carbons (Fsp3) is 0.227. The van der Waals surface area contributed by atoms with E-state index in [-0.39, 0.29) is 25.3 Å². The number of nitrogens with zero attached hydrogens (tertiary/aromatic N) is 4. The lowest BCUT2D eigenvalue weighted by Gasteiger charge is -2.00. The summed E-state index contributed by atoms with van der Waals surface area (Å²) in [5.74, 6) is 1.07. The SMILES string of the molecule is Cc1ccc(-c2noc(COC(=O)CCc3nnc(-c4ccc(C)cc4)o3)n2)cc1. The Morgan fingerprint density at radius 2 is 1.57 bits per heavy atom. The molecule has 2 aromatic heterocycles. The molecule has 4 rings (SSSR count). The Hall–Kier alpha value is -3.81. The third kappa shape index (κ3) is 4.78. The van der Waals surface area contributed by atoms with Crippen LogP contribution in [-0.4, -0.2) is 26.3 Å². The molecule has 2 heterocycles. The topological polar surface area (TPSA) is 104 Å². The predicted octanol–water partition coefficient (Wildman–Crippen LogP) is 4.08. The Bertz CT molecular complexity index is 1040. The largest absolute Gasteiger partial charge is 0.456 e. The monoisotopic (exact) mass is 404 g/mol. The fourth-order valence-corrected chi connectivity index (χ4v) is 2.72. The van der Waals surface area contributed by atoms with Gasteiger partial charge < -0.3 is 13.7 Å². The van der Waals surface area contributed by atoms with Crippen LogP contribution in [0.2, 0.25) is 0 Å². The average molecular weight is 404 g/mol. The second-order valence-electron chi connectivity index (χ2n) is 6.91. The second-order valence-corrected chi connectivity index (χ2v) is 6.91. The Labute approximate surface area is 172 Å². The van der Waals surface area contributed by atoms with E-state index >= 15 is 0 Å². The third-order valence-corrected chi connectivity index (χ3v) is 4.44. The van der Waals surface area contributed by atoms with Crippen LogP contribution in [0.3, 0.4) is 0 Å². The molecule has 0 fully saturated rings. The van der Waals surface area contributed by atoms with Gasteiger partial charge in [0.15, 0.2) is 6.61 Å². The van der Waals surface area contributed by atoms with Crippen molar-refractivity contribution in [3.63, 3.8) is 0 Å². The molecule has 0 radical (unpaired) electrons. The number of benzene rings is 2. The molecule has 0 bridgehead atoms. The van der Waals surface area contributed by atoms with E-state index in [9.17, 15) is 4.79 Å². The molecule has 0 atom stereocenters. The zero-order chi connectivity index (χ0) is 20.9. The molecular formula is C22H20N4O4. The molecule has 2 aromatic carbocycles. The number of esters is 1. The second kappa shape index (κ2) is 8.69. The lowest BCUT2D eigenvalue weighted by atomic mass is 10.1. The van der Waals surface area contributed by atoms with Crippen LogP contribution in [0.5, 0.6) is 0 Å². The molecule has 0 spiro atoms. The first-order chi connectivity index (χ1) is 14.6. The maximum Gasteiger partial charge on any atom is 0.306 e. The van der Waals surface area contributed by atoms with Gasteiger partial charge in [0.25, 0.3) is 5.89 Å². The van der Waals surface area contributed by atoms with Gasteiger partial charge in [0.05, 0.1) is 6.42 Å². The van der Waals surface area contributed by atoms with Gasteiger partial charge in [-0.1, -0.05) is 52.7 Å². The van der Waals surface area contributed by atoms with Crippen LogP contribution in [0.1, 0.15) is 29.3 Å². The molecule has 0 saturated heterocycles. The summed E-state index contributed by atoms with van der Waals surface area (Å²) < 4.78 is 16.0. The summed E-state index contributed by atoms with van der Waals surface area (Å²) in [4.78, 5) is 16.3. The van der Waals surface area contributed by atoms with Crippen molar-refractivity contribution in [1.29, 1.82) is 0 Å². The number of aryl methyl sites for hydroxylation is 3. The van der Waals surface area contributed by atoms with Crippen LogP contribution in [0.25, 0.3) is 22.8 Å². The molecule has 0 unspecified atom stereocenters. The Morgan fingerprint density at radius 1 is 0.900 bits per heavy atom. The highest BCUT2D eigenvalue weighted by Crippen LogP contribution is 2.19. The van der Waals surface area contributed by atoms with Gasteiger partial charge in [0.1, 0.15) is 0 Å². The minimum atomic E-state index is -0.417. The van der Waals surface area contributed by atoms with Gasteiger partial charge in [-0.15, -0.1) is 10.2 Å². The molecule has 4 aromatic rings. The van der Waals surface area contributed by atoms with E-state index in [2.05, 4.69) is 20.3 Å². The van der Waals surface area contributed by atoms with Crippen LogP contribution in [0, 0.1) is 13.8 Å². The van der Waals surface area contributed by atoms with Gasteiger partial charge >= 0.3 is 5.97 Å². The van der Waals surface area contributed by atoms with Crippen LogP contribution in [-0.2, 0) is 22.6 Å². The van der Waals surface area contributed by atoms with Crippen molar-refractivity contribution < 1.29 is 18.5 Å². The van der Waals surface area contributed by atoms with E-state index in [0.29, 0.717) is 17.6 Å². The summed E-state index contributed by atoms with van der Waals surface area (Å²) in [6.45, 7) is 3.92. The van der Waals surface area contributed by atoms with Crippen LogP contribution >= 0.6 is 0 Å². The Kier molecular flexibility index (Phi) is 5.65.